The summed E-state index contributed by atoms with van der Waals surface area (Å²) in [6, 6.07) is 17.5. The average molecular weight is 853 g/mol. The first-order valence-corrected chi connectivity index (χ1v) is 22.1. The van der Waals surface area contributed by atoms with Gasteiger partial charge in [0.15, 0.2) is 11.5 Å². The summed E-state index contributed by atoms with van der Waals surface area (Å²) in [5, 5.41) is 0. The van der Waals surface area contributed by atoms with Crippen molar-refractivity contribution in [2.24, 2.45) is 5.92 Å². The van der Waals surface area contributed by atoms with E-state index in [1.54, 1.807) is 48.5 Å². The van der Waals surface area contributed by atoms with Crippen LogP contribution in [0.4, 0.5) is 0 Å². The molecule has 0 spiro atoms. The molecule has 0 heterocycles. The zero-order valence-corrected chi connectivity index (χ0v) is 35.3. The van der Waals surface area contributed by atoms with Gasteiger partial charge >= 0.3 is 39.3 Å². The van der Waals surface area contributed by atoms with E-state index in [2.05, 4.69) is 16.4 Å². The van der Waals surface area contributed by atoms with Crippen LogP contribution in [0.2, 0.25) is 0 Å². The second-order valence-electron chi connectivity index (χ2n) is 11.7. The van der Waals surface area contributed by atoms with Crippen LogP contribution in [-0.4, -0.2) is 57.3 Å². The molecule has 2 saturated carbocycles. The molecular formula is C37H60O14P4+2. The average Bonchev–Trinajstić information content (AvgIpc) is 3.20. The molecule has 2 fully saturated rings. The summed E-state index contributed by atoms with van der Waals surface area (Å²) in [7, 11) is -4.41. The molecule has 0 radical (unpaired) electrons. The fourth-order valence-electron chi connectivity index (χ4n) is 4.80. The summed E-state index contributed by atoms with van der Waals surface area (Å²) >= 11 is 0. The van der Waals surface area contributed by atoms with E-state index >= 15 is 0 Å². The number of carbonyl (C=O) groups is 4. The third-order valence-electron chi connectivity index (χ3n) is 7.44. The van der Waals surface area contributed by atoms with Gasteiger partial charge in [-0.25, -0.2) is 9.13 Å². The van der Waals surface area contributed by atoms with Crippen molar-refractivity contribution in [2.75, 3.05) is 19.1 Å². The van der Waals surface area contributed by atoms with Crippen LogP contribution in [0.5, 0.6) is 11.5 Å². The van der Waals surface area contributed by atoms with Gasteiger partial charge in [0.1, 0.15) is 13.1 Å². The van der Waals surface area contributed by atoms with Gasteiger partial charge in [0, 0.05) is 2.85 Å². The summed E-state index contributed by atoms with van der Waals surface area (Å²) in [6.07, 6.45) is 15.6. The monoisotopic (exact) mass is 852 g/mol. The molecule has 2 aromatic carbocycles. The Morgan fingerprint density at radius 2 is 1.04 bits per heavy atom. The van der Waals surface area contributed by atoms with E-state index in [-0.39, 0.29) is 38.3 Å². The third-order valence-corrected chi connectivity index (χ3v) is 10.9. The summed E-state index contributed by atoms with van der Waals surface area (Å²) in [5.41, 5.74) is 0. The van der Waals surface area contributed by atoms with E-state index in [1.807, 2.05) is 18.9 Å². The molecule has 14 nitrogen and oxygen atoms in total. The minimum Gasteiger partial charge on any atom is -0.468 e. The molecule has 0 amide bonds. The van der Waals surface area contributed by atoms with Crippen LogP contribution in [0.3, 0.4) is 0 Å². The first-order valence-electron chi connectivity index (χ1n) is 17.9. The van der Waals surface area contributed by atoms with E-state index in [0.29, 0.717) is 37.7 Å². The Bertz CT molecular complexity index is 1190. The van der Waals surface area contributed by atoms with Crippen molar-refractivity contribution in [2.45, 2.75) is 110 Å². The number of hydrogen-bond donors (Lipinski definition) is 0. The summed E-state index contributed by atoms with van der Waals surface area (Å²) in [6.45, 7) is 7.58. The number of ether oxygens (including phenoxy) is 2. The smallest absolute Gasteiger partial charge is 0.468 e. The predicted molar refractivity (Wildman–Crippen MR) is 215 cm³/mol. The Morgan fingerprint density at radius 3 is 1.40 bits per heavy atom. The van der Waals surface area contributed by atoms with Gasteiger partial charge in [0.2, 0.25) is 0 Å². The SMILES string of the molecule is C=O.CC1CCC(OP=O)CC1.CC=O.O=COCCCCCCOC=O.O=POC1CCCCC1.O=[P+](C[P+](=O)Oc1ccccc1)Oc1ccccc1.[HH].[HH]. The maximum atomic E-state index is 11.7. The highest BCUT2D eigenvalue weighted by Gasteiger charge is 2.37. The van der Waals surface area contributed by atoms with Crippen molar-refractivity contribution < 1.29 is 67.9 Å². The first kappa shape index (κ1) is 53.7. The lowest BCUT2D eigenvalue weighted by Crippen LogP contribution is -2.16. The van der Waals surface area contributed by atoms with Crippen molar-refractivity contribution >= 4 is 59.4 Å². The molecule has 310 valence electrons. The summed E-state index contributed by atoms with van der Waals surface area (Å²) < 4.78 is 72.5. The second-order valence-corrected chi connectivity index (χ2v) is 15.2. The van der Waals surface area contributed by atoms with Gasteiger partial charge in [0.05, 0.1) is 25.4 Å². The van der Waals surface area contributed by atoms with Crippen molar-refractivity contribution in [1.82, 2.24) is 0 Å². The van der Waals surface area contributed by atoms with Crippen LogP contribution in [0.15, 0.2) is 60.7 Å². The number of unbranched alkanes of at least 4 members (excludes halogenated alkanes) is 3. The zero-order chi connectivity index (χ0) is 41.2. The third kappa shape index (κ3) is 36.1. The highest BCUT2D eigenvalue weighted by molar-refractivity contribution is 7.57. The van der Waals surface area contributed by atoms with Gasteiger partial charge in [-0.3, -0.25) is 27.7 Å². The molecule has 55 heavy (non-hydrogen) atoms. The van der Waals surface area contributed by atoms with E-state index in [0.717, 1.165) is 63.6 Å². The number of para-hydroxylation sites is 2. The number of rotatable bonds is 19. The molecule has 2 aromatic rings. The number of hydrogen-bond acceptors (Lipinski definition) is 14. The number of carbonyl (C=O) groups excluding carboxylic acids is 4. The van der Waals surface area contributed by atoms with E-state index < -0.39 is 16.1 Å². The molecule has 2 aliphatic carbocycles. The van der Waals surface area contributed by atoms with Crippen LogP contribution in [0.25, 0.3) is 0 Å². The summed E-state index contributed by atoms with van der Waals surface area (Å²) in [5.74, 6) is 1.69. The van der Waals surface area contributed by atoms with Gasteiger partial charge in [-0.15, -0.1) is 0 Å². The molecular weight excluding hydrogens is 792 g/mol. The quantitative estimate of drug-likeness (QED) is 0.0736. The van der Waals surface area contributed by atoms with Crippen LogP contribution in [0.1, 0.15) is 100 Å². The standard InChI is InChI=1S/C13H12O4P2.C8H14O4.C7H13O2P.C6H11O2P.C2H4O.CH2O.2H2/c14-18(16-12-7-3-1-4-8-12)11-19(15)17-13-9-5-2-6-10-13;9-7-11-5-3-1-2-4-6-12-8-10;1-6-2-4-7(5-3-6)9-10-8;7-9-8-6-4-2-1-3-5-6;1-2-3;1-2;;/h1-10H,11H2;7-8H,1-6H2;6-7H,2-5H2,1H3;6H,1-5H2;2H,1H3;1H2;2*1H/q+2;;;;;;;. The molecule has 0 N–H and O–H groups in total. The topological polar surface area (TPSA) is 192 Å². The maximum Gasteiger partial charge on any atom is 0.613 e. The van der Waals surface area contributed by atoms with Crippen molar-refractivity contribution in [3.63, 3.8) is 0 Å². The first-order chi connectivity index (χ1) is 26.8. The molecule has 2 aliphatic rings. The van der Waals surface area contributed by atoms with Crippen LogP contribution in [0, 0.1) is 5.92 Å². The summed E-state index contributed by atoms with van der Waals surface area (Å²) in [4.78, 5) is 36.2. The largest absolute Gasteiger partial charge is 0.613 e. The fraction of sp³-hybridized carbons (Fsp3) is 0.568. The van der Waals surface area contributed by atoms with Crippen LogP contribution >= 0.6 is 33.4 Å². The van der Waals surface area contributed by atoms with E-state index in [9.17, 15) is 27.8 Å². The van der Waals surface area contributed by atoms with Gasteiger partial charge in [-0.2, -0.15) is 0 Å². The minimum atomic E-state index is -2.05. The van der Waals surface area contributed by atoms with Gasteiger partial charge in [0.25, 0.3) is 12.9 Å². The highest BCUT2D eigenvalue weighted by atomic mass is 31.2. The Morgan fingerprint density at radius 1 is 0.655 bits per heavy atom. The molecule has 18 heteroatoms. The molecule has 2 unspecified atom stereocenters. The maximum absolute atomic E-state index is 11.7. The Kier molecular flexibility index (Phi) is 40.8. The molecule has 0 aliphatic heterocycles. The highest BCUT2D eigenvalue weighted by Crippen LogP contribution is 2.38. The van der Waals surface area contributed by atoms with E-state index in [1.165, 1.54) is 39.0 Å². The predicted octanol–water partition coefficient (Wildman–Crippen LogP) is 11.3. The lowest BCUT2D eigenvalue weighted by atomic mass is 9.89. The molecule has 4 rings (SSSR count). The van der Waals surface area contributed by atoms with Gasteiger partial charge in [-0.1, -0.05) is 62.6 Å². The molecule has 0 saturated heterocycles. The minimum absolute atomic E-state index is 0. The fourth-order valence-corrected chi connectivity index (χ4v) is 7.39. The Labute approximate surface area is 333 Å². The normalized spacial score (nSPS) is 16.3. The van der Waals surface area contributed by atoms with Crippen molar-refractivity contribution in [1.29, 1.82) is 0 Å². The van der Waals surface area contributed by atoms with Gasteiger partial charge < -0.3 is 19.1 Å². The van der Waals surface area contributed by atoms with Crippen molar-refractivity contribution in [3.8, 4) is 11.5 Å². The van der Waals surface area contributed by atoms with Crippen LogP contribution < -0.4 is 9.05 Å². The number of benzene rings is 2. The van der Waals surface area contributed by atoms with Crippen LogP contribution in [-0.2, 0) is 56.0 Å². The van der Waals surface area contributed by atoms with Gasteiger partial charge in [-0.05, 0) is 110 Å². The molecule has 2 atom stereocenters. The molecule has 0 aromatic heterocycles. The second kappa shape index (κ2) is 41.8. The zero-order valence-electron chi connectivity index (χ0n) is 31.8. The Balaban J connectivity index is -0.000000325. The lowest BCUT2D eigenvalue weighted by Gasteiger charge is -2.23. The molecule has 0 bridgehead atoms. The Hall–Kier alpha value is -3.36. The van der Waals surface area contributed by atoms with E-state index in [4.69, 9.17) is 27.7 Å². The number of aldehydes is 1. The van der Waals surface area contributed by atoms with Crippen molar-refractivity contribution in [3.05, 3.63) is 60.7 Å². The lowest BCUT2D eigenvalue weighted by molar-refractivity contribution is -0.129.